The fourth-order valence-corrected chi connectivity index (χ4v) is 1.20. The minimum Gasteiger partial charge on any atom is -0.508 e. The maximum Gasteiger partial charge on any atom is 0.354 e. The van der Waals surface area contributed by atoms with E-state index in [4.69, 9.17) is 9.84 Å². The van der Waals surface area contributed by atoms with E-state index in [0.29, 0.717) is 24.4 Å². The van der Waals surface area contributed by atoms with Crippen molar-refractivity contribution in [2.45, 2.75) is 6.42 Å². The van der Waals surface area contributed by atoms with Gasteiger partial charge in [-0.2, -0.15) is 5.10 Å². The molecule has 5 heteroatoms. The van der Waals surface area contributed by atoms with E-state index in [1.54, 1.807) is 12.1 Å². The van der Waals surface area contributed by atoms with Gasteiger partial charge in [-0.15, -0.1) is 0 Å². The van der Waals surface area contributed by atoms with Crippen LogP contribution in [0.15, 0.2) is 29.4 Å². The monoisotopic (exact) mass is 206 g/mol. The van der Waals surface area contributed by atoms with Crippen molar-refractivity contribution in [2.75, 3.05) is 12.0 Å². The summed E-state index contributed by atoms with van der Waals surface area (Å²) in [4.78, 5) is 11.0. The number of hydrogen-bond acceptors (Lipinski definition) is 5. The summed E-state index contributed by atoms with van der Waals surface area (Å²) in [6.07, 6.45) is 0.532. The predicted molar refractivity (Wildman–Crippen MR) is 54.7 cm³/mol. The summed E-state index contributed by atoms with van der Waals surface area (Å²) < 4.78 is 4.72. The molecule has 1 aliphatic rings. The van der Waals surface area contributed by atoms with Gasteiger partial charge < -0.3 is 9.84 Å². The fourth-order valence-electron chi connectivity index (χ4n) is 1.20. The molecule has 1 heterocycles. The van der Waals surface area contributed by atoms with Crippen LogP contribution in [0.2, 0.25) is 0 Å². The highest BCUT2D eigenvalue weighted by atomic mass is 16.5. The molecular weight excluding hydrogens is 196 g/mol. The molecule has 0 amide bonds. The zero-order valence-corrected chi connectivity index (χ0v) is 7.93. The number of nitrogens with one attached hydrogen (secondary N) is 1. The number of anilines is 1. The molecule has 1 aromatic carbocycles. The Kier molecular flexibility index (Phi) is 2.53. The van der Waals surface area contributed by atoms with Crippen molar-refractivity contribution in [1.82, 2.24) is 0 Å². The number of hydrogen-bond donors (Lipinski definition) is 2. The Morgan fingerprint density at radius 2 is 2.07 bits per heavy atom. The van der Waals surface area contributed by atoms with Crippen LogP contribution in [-0.2, 0) is 9.53 Å². The second kappa shape index (κ2) is 4.00. The molecule has 0 saturated carbocycles. The number of ether oxygens (including phenoxy) is 1. The quantitative estimate of drug-likeness (QED) is 0.432. The molecule has 1 aliphatic heterocycles. The smallest absolute Gasteiger partial charge is 0.354 e. The standard InChI is InChI=1S/C10H10N2O3/c13-8-3-1-7(2-4-8)11-12-9-5-6-15-10(9)14/h1-4,11,13H,5-6H2. The SMILES string of the molecule is O=C1OCCC1=NNc1ccc(O)cc1. The summed E-state index contributed by atoms with van der Waals surface area (Å²) in [6, 6.07) is 6.41. The van der Waals surface area contributed by atoms with Crippen molar-refractivity contribution in [2.24, 2.45) is 5.10 Å². The van der Waals surface area contributed by atoms with Gasteiger partial charge in [0.15, 0.2) is 0 Å². The molecule has 1 fully saturated rings. The molecule has 1 saturated heterocycles. The van der Waals surface area contributed by atoms with E-state index in [2.05, 4.69) is 10.5 Å². The van der Waals surface area contributed by atoms with Crippen LogP contribution >= 0.6 is 0 Å². The summed E-state index contributed by atoms with van der Waals surface area (Å²) in [7, 11) is 0. The van der Waals surface area contributed by atoms with Gasteiger partial charge in [0.05, 0.1) is 12.3 Å². The van der Waals surface area contributed by atoms with Crippen LogP contribution in [0.5, 0.6) is 5.75 Å². The Morgan fingerprint density at radius 1 is 1.33 bits per heavy atom. The van der Waals surface area contributed by atoms with Gasteiger partial charge in [-0.25, -0.2) is 4.79 Å². The van der Waals surface area contributed by atoms with Gasteiger partial charge in [-0.1, -0.05) is 0 Å². The number of benzene rings is 1. The third kappa shape index (κ3) is 2.25. The summed E-state index contributed by atoms with van der Waals surface area (Å²) in [5.74, 6) is -0.185. The Balaban J connectivity index is 2.03. The molecule has 0 aromatic heterocycles. The molecule has 2 N–H and O–H groups in total. The van der Waals surface area contributed by atoms with Crippen LogP contribution in [0.1, 0.15) is 6.42 Å². The lowest BCUT2D eigenvalue weighted by atomic mass is 10.3. The Labute approximate surface area is 86.4 Å². The van der Waals surface area contributed by atoms with Gasteiger partial charge in [0, 0.05) is 6.42 Å². The third-order valence-electron chi connectivity index (χ3n) is 1.99. The van der Waals surface area contributed by atoms with Gasteiger partial charge in [0.2, 0.25) is 0 Å². The number of phenolic OH excluding ortho intramolecular Hbond substituents is 1. The van der Waals surface area contributed by atoms with Crippen LogP contribution in [-0.4, -0.2) is 23.4 Å². The molecule has 0 atom stereocenters. The molecule has 0 unspecified atom stereocenters. The Hall–Kier alpha value is -2.04. The zero-order chi connectivity index (χ0) is 10.7. The van der Waals surface area contributed by atoms with Crippen LogP contribution < -0.4 is 5.43 Å². The van der Waals surface area contributed by atoms with Crippen LogP contribution in [0, 0.1) is 0 Å². The van der Waals surface area contributed by atoms with Crippen molar-refractivity contribution < 1.29 is 14.6 Å². The maximum absolute atomic E-state index is 11.0. The lowest BCUT2D eigenvalue weighted by molar-refractivity contribution is -0.132. The number of nitrogens with zero attached hydrogens (tertiary/aromatic N) is 1. The molecule has 1 aromatic rings. The van der Waals surface area contributed by atoms with Gasteiger partial charge in [-0.3, -0.25) is 5.43 Å². The number of hydrazone groups is 1. The Bertz CT molecular complexity index is 398. The van der Waals surface area contributed by atoms with Crippen molar-refractivity contribution in [3.63, 3.8) is 0 Å². The van der Waals surface area contributed by atoms with E-state index < -0.39 is 0 Å². The molecular formula is C10H10N2O3. The number of carbonyl (C=O) groups is 1. The lowest BCUT2D eigenvalue weighted by Crippen LogP contribution is -2.08. The second-order valence-electron chi connectivity index (χ2n) is 3.10. The summed E-state index contributed by atoms with van der Waals surface area (Å²) >= 11 is 0. The number of rotatable bonds is 2. The summed E-state index contributed by atoms with van der Waals surface area (Å²) in [6.45, 7) is 0.398. The van der Waals surface area contributed by atoms with E-state index >= 15 is 0 Å². The minimum atomic E-state index is -0.374. The van der Waals surface area contributed by atoms with Crippen molar-refractivity contribution in [1.29, 1.82) is 0 Å². The molecule has 78 valence electrons. The van der Waals surface area contributed by atoms with Crippen molar-refractivity contribution in [3.05, 3.63) is 24.3 Å². The van der Waals surface area contributed by atoms with E-state index in [1.807, 2.05) is 0 Å². The minimum absolute atomic E-state index is 0.188. The van der Waals surface area contributed by atoms with Crippen LogP contribution in [0.3, 0.4) is 0 Å². The number of aromatic hydroxyl groups is 1. The Morgan fingerprint density at radius 3 is 2.67 bits per heavy atom. The van der Waals surface area contributed by atoms with Crippen molar-refractivity contribution in [3.8, 4) is 5.75 Å². The molecule has 0 bridgehead atoms. The van der Waals surface area contributed by atoms with Gasteiger partial charge in [-0.05, 0) is 24.3 Å². The molecule has 15 heavy (non-hydrogen) atoms. The topological polar surface area (TPSA) is 70.9 Å². The van der Waals surface area contributed by atoms with E-state index in [0.717, 1.165) is 0 Å². The highest BCUT2D eigenvalue weighted by Crippen LogP contribution is 2.14. The highest BCUT2D eigenvalue weighted by Gasteiger charge is 2.20. The van der Waals surface area contributed by atoms with E-state index in [-0.39, 0.29) is 11.7 Å². The maximum atomic E-state index is 11.0. The largest absolute Gasteiger partial charge is 0.508 e. The average Bonchev–Trinajstić information content (AvgIpc) is 2.63. The van der Waals surface area contributed by atoms with Gasteiger partial charge >= 0.3 is 5.97 Å². The van der Waals surface area contributed by atoms with E-state index in [1.165, 1.54) is 12.1 Å². The average molecular weight is 206 g/mol. The normalized spacial score (nSPS) is 17.9. The molecule has 0 aliphatic carbocycles. The van der Waals surface area contributed by atoms with Gasteiger partial charge in [0.25, 0.3) is 0 Å². The van der Waals surface area contributed by atoms with E-state index in [9.17, 15) is 4.79 Å². The third-order valence-corrected chi connectivity index (χ3v) is 1.99. The van der Waals surface area contributed by atoms with Crippen LogP contribution in [0.4, 0.5) is 5.69 Å². The first-order chi connectivity index (χ1) is 7.25. The molecule has 5 nitrogen and oxygen atoms in total. The second-order valence-corrected chi connectivity index (χ2v) is 3.10. The summed E-state index contributed by atoms with van der Waals surface area (Å²) in [5, 5.41) is 13.0. The number of esters is 1. The van der Waals surface area contributed by atoms with Crippen molar-refractivity contribution >= 4 is 17.4 Å². The zero-order valence-electron chi connectivity index (χ0n) is 7.93. The van der Waals surface area contributed by atoms with Gasteiger partial charge in [0.1, 0.15) is 11.5 Å². The highest BCUT2D eigenvalue weighted by molar-refractivity contribution is 6.38. The lowest BCUT2D eigenvalue weighted by Gasteiger charge is -2.00. The predicted octanol–water partition coefficient (Wildman–Crippen LogP) is 1.11. The number of carbonyl (C=O) groups excluding carboxylic acids is 1. The molecule has 0 spiro atoms. The first kappa shape index (κ1) is 9.51. The first-order valence-electron chi connectivity index (χ1n) is 4.54. The summed E-state index contributed by atoms with van der Waals surface area (Å²) in [5.41, 5.74) is 3.82. The number of phenols is 1. The number of cyclic esters (lactones) is 1. The fraction of sp³-hybridized carbons (Fsp3) is 0.200. The molecule has 0 radical (unpaired) electrons. The molecule has 2 rings (SSSR count). The van der Waals surface area contributed by atoms with Crippen LogP contribution in [0.25, 0.3) is 0 Å². The first-order valence-corrected chi connectivity index (χ1v) is 4.54.